The summed E-state index contributed by atoms with van der Waals surface area (Å²) in [5.41, 5.74) is 0. The lowest BCUT2D eigenvalue weighted by molar-refractivity contribution is -0.146. The Labute approximate surface area is 132 Å². The summed E-state index contributed by atoms with van der Waals surface area (Å²) in [4.78, 5) is 25.2. The van der Waals surface area contributed by atoms with Gasteiger partial charge in [-0.15, -0.1) is 0 Å². The van der Waals surface area contributed by atoms with Crippen LogP contribution < -0.4 is 0 Å². The second-order valence-corrected chi connectivity index (χ2v) is 6.98. The molecule has 1 aliphatic heterocycles. The Kier molecular flexibility index (Phi) is 5.75. The fourth-order valence-corrected chi connectivity index (χ4v) is 2.94. The van der Waals surface area contributed by atoms with Crippen molar-refractivity contribution in [1.82, 2.24) is 4.90 Å². The highest BCUT2D eigenvalue weighted by Crippen LogP contribution is 2.32. The lowest BCUT2D eigenvalue weighted by Gasteiger charge is -2.31. The molecule has 2 aliphatic rings. The number of nitrogens with zero attached hydrogens (tertiary/aromatic N) is 1. The van der Waals surface area contributed by atoms with Crippen molar-refractivity contribution >= 4 is 11.8 Å². The van der Waals surface area contributed by atoms with Gasteiger partial charge in [-0.2, -0.15) is 0 Å². The molecule has 0 saturated heterocycles. The van der Waals surface area contributed by atoms with Crippen LogP contribution >= 0.6 is 0 Å². The van der Waals surface area contributed by atoms with E-state index in [0.29, 0.717) is 25.0 Å². The monoisotopic (exact) mass is 309 g/mol. The molecule has 1 unspecified atom stereocenters. The zero-order valence-electron chi connectivity index (χ0n) is 14.0. The SMILES string of the molecule is CC(C)COC1CC[C@H](N2C(=O)C=CC2=O)[C@@H]1OCC(C)C. The highest BCUT2D eigenvalue weighted by atomic mass is 16.5. The Morgan fingerprint density at radius 1 is 1.00 bits per heavy atom. The van der Waals surface area contributed by atoms with E-state index in [9.17, 15) is 9.59 Å². The molecule has 0 aromatic rings. The smallest absolute Gasteiger partial charge is 0.253 e. The molecule has 0 N–H and O–H groups in total. The van der Waals surface area contributed by atoms with Crippen LogP contribution in [-0.2, 0) is 19.1 Å². The third-order valence-electron chi connectivity index (χ3n) is 3.93. The lowest BCUT2D eigenvalue weighted by atomic mass is 10.1. The van der Waals surface area contributed by atoms with Crippen molar-refractivity contribution in [2.45, 2.75) is 58.8 Å². The first-order valence-electron chi connectivity index (χ1n) is 8.18. The van der Waals surface area contributed by atoms with Crippen molar-refractivity contribution in [3.8, 4) is 0 Å². The van der Waals surface area contributed by atoms with Crippen molar-refractivity contribution in [1.29, 1.82) is 0 Å². The van der Waals surface area contributed by atoms with Crippen molar-refractivity contribution in [2.75, 3.05) is 13.2 Å². The molecule has 1 aliphatic carbocycles. The Morgan fingerprint density at radius 3 is 2.09 bits per heavy atom. The summed E-state index contributed by atoms with van der Waals surface area (Å²) in [6.45, 7) is 9.65. The van der Waals surface area contributed by atoms with Gasteiger partial charge in [-0.1, -0.05) is 27.7 Å². The van der Waals surface area contributed by atoms with Gasteiger partial charge in [0, 0.05) is 25.4 Å². The minimum Gasteiger partial charge on any atom is -0.375 e. The quantitative estimate of drug-likeness (QED) is 0.676. The van der Waals surface area contributed by atoms with Crippen LogP contribution in [0, 0.1) is 11.8 Å². The predicted molar refractivity (Wildman–Crippen MR) is 83.2 cm³/mol. The molecule has 1 fully saturated rings. The van der Waals surface area contributed by atoms with Gasteiger partial charge in [0.05, 0.1) is 12.1 Å². The molecule has 0 spiro atoms. The average molecular weight is 309 g/mol. The van der Waals surface area contributed by atoms with Crippen LogP contribution in [0.5, 0.6) is 0 Å². The topological polar surface area (TPSA) is 55.8 Å². The standard InChI is InChI=1S/C17H27NO4/c1-11(2)9-21-14-6-5-13(17(14)22-10-12(3)4)18-15(19)7-8-16(18)20/h7-8,11-14,17H,5-6,9-10H2,1-4H3/t13-,14?,17-/m0/s1. The number of rotatable bonds is 7. The number of ether oxygens (including phenoxy) is 2. The van der Waals surface area contributed by atoms with E-state index in [-0.39, 0.29) is 30.1 Å². The largest absolute Gasteiger partial charge is 0.375 e. The van der Waals surface area contributed by atoms with E-state index in [4.69, 9.17) is 9.47 Å². The number of imide groups is 1. The van der Waals surface area contributed by atoms with E-state index >= 15 is 0 Å². The van der Waals surface area contributed by atoms with Crippen LogP contribution in [0.15, 0.2) is 12.2 Å². The highest BCUT2D eigenvalue weighted by molar-refractivity contribution is 6.13. The Hall–Kier alpha value is -1.20. The van der Waals surface area contributed by atoms with Crippen LogP contribution in [0.2, 0.25) is 0 Å². The molecule has 124 valence electrons. The Bertz CT molecular complexity index is 426. The summed E-state index contributed by atoms with van der Waals surface area (Å²) < 4.78 is 12.0. The number of hydrogen-bond donors (Lipinski definition) is 0. The van der Waals surface area contributed by atoms with E-state index < -0.39 is 0 Å². The van der Waals surface area contributed by atoms with Crippen LogP contribution in [-0.4, -0.2) is 48.2 Å². The van der Waals surface area contributed by atoms with E-state index in [0.717, 1.165) is 12.8 Å². The van der Waals surface area contributed by atoms with Crippen molar-refractivity contribution in [2.24, 2.45) is 11.8 Å². The van der Waals surface area contributed by atoms with Crippen molar-refractivity contribution < 1.29 is 19.1 Å². The van der Waals surface area contributed by atoms with E-state index in [1.54, 1.807) is 0 Å². The summed E-state index contributed by atoms with van der Waals surface area (Å²) in [5, 5.41) is 0. The first-order chi connectivity index (χ1) is 10.4. The molecular weight excluding hydrogens is 282 g/mol. The Balaban J connectivity index is 2.07. The maximum Gasteiger partial charge on any atom is 0.253 e. The summed E-state index contributed by atoms with van der Waals surface area (Å²) in [6, 6.07) is -0.217. The zero-order valence-corrected chi connectivity index (χ0v) is 14.0. The fourth-order valence-electron chi connectivity index (χ4n) is 2.94. The molecule has 3 atom stereocenters. The number of hydrogen-bond acceptors (Lipinski definition) is 4. The second-order valence-electron chi connectivity index (χ2n) is 6.98. The molecule has 0 aromatic heterocycles. The van der Waals surface area contributed by atoms with Crippen LogP contribution in [0.3, 0.4) is 0 Å². The summed E-state index contributed by atoms with van der Waals surface area (Å²) >= 11 is 0. The molecular formula is C17H27NO4. The van der Waals surface area contributed by atoms with Gasteiger partial charge in [0.25, 0.3) is 11.8 Å². The number of amides is 2. The number of carbonyl (C=O) groups is 2. The highest BCUT2D eigenvalue weighted by Gasteiger charge is 2.45. The minimum absolute atomic E-state index is 0.0488. The van der Waals surface area contributed by atoms with Crippen LogP contribution in [0.1, 0.15) is 40.5 Å². The van der Waals surface area contributed by atoms with Gasteiger partial charge in [0.1, 0.15) is 6.10 Å². The van der Waals surface area contributed by atoms with Crippen LogP contribution in [0.25, 0.3) is 0 Å². The van der Waals surface area contributed by atoms with Crippen LogP contribution in [0.4, 0.5) is 0 Å². The van der Waals surface area contributed by atoms with E-state index in [1.165, 1.54) is 17.1 Å². The molecule has 2 rings (SSSR count). The van der Waals surface area contributed by atoms with Crippen molar-refractivity contribution in [3.63, 3.8) is 0 Å². The Morgan fingerprint density at radius 2 is 1.55 bits per heavy atom. The molecule has 0 bridgehead atoms. The minimum atomic E-state index is -0.238. The maximum atomic E-state index is 12.0. The molecule has 0 radical (unpaired) electrons. The maximum absolute atomic E-state index is 12.0. The molecule has 1 heterocycles. The van der Waals surface area contributed by atoms with Crippen molar-refractivity contribution in [3.05, 3.63) is 12.2 Å². The van der Waals surface area contributed by atoms with Gasteiger partial charge < -0.3 is 9.47 Å². The first kappa shape index (κ1) is 17.2. The third-order valence-corrected chi connectivity index (χ3v) is 3.93. The summed E-state index contributed by atoms with van der Waals surface area (Å²) in [7, 11) is 0. The first-order valence-corrected chi connectivity index (χ1v) is 8.18. The third kappa shape index (κ3) is 3.96. The lowest BCUT2D eigenvalue weighted by Crippen LogP contribution is -2.48. The molecule has 0 aromatic carbocycles. The molecule has 22 heavy (non-hydrogen) atoms. The molecule has 1 saturated carbocycles. The second kappa shape index (κ2) is 7.38. The van der Waals surface area contributed by atoms with E-state index in [2.05, 4.69) is 27.7 Å². The summed E-state index contributed by atoms with van der Waals surface area (Å²) in [5.74, 6) is 0.368. The van der Waals surface area contributed by atoms with Gasteiger partial charge in [-0.25, -0.2) is 0 Å². The fraction of sp³-hybridized carbons (Fsp3) is 0.765. The van der Waals surface area contributed by atoms with Gasteiger partial charge in [0.15, 0.2) is 0 Å². The predicted octanol–water partition coefficient (Wildman–Crippen LogP) is 2.16. The van der Waals surface area contributed by atoms with Gasteiger partial charge >= 0.3 is 0 Å². The summed E-state index contributed by atoms with van der Waals surface area (Å²) in [6.07, 6.45) is 3.96. The molecule has 5 heteroatoms. The van der Waals surface area contributed by atoms with Gasteiger partial charge in [0.2, 0.25) is 0 Å². The van der Waals surface area contributed by atoms with Gasteiger partial charge in [-0.05, 0) is 24.7 Å². The average Bonchev–Trinajstić information content (AvgIpc) is 2.97. The molecule has 5 nitrogen and oxygen atoms in total. The van der Waals surface area contributed by atoms with Gasteiger partial charge in [-0.3, -0.25) is 14.5 Å². The zero-order chi connectivity index (χ0) is 16.3. The van der Waals surface area contributed by atoms with E-state index in [1.807, 2.05) is 0 Å². The normalized spacial score (nSPS) is 28.6. The number of carbonyl (C=O) groups excluding carboxylic acids is 2. The molecule has 2 amide bonds.